The molecule has 3 N–H and O–H groups in total. The molecule has 2 atom stereocenters. The molecule has 4 aromatic rings. The van der Waals surface area contributed by atoms with Gasteiger partial charge in [0.1, 0.15) is 11.8 Å². The third-order valence-electron chi connectivity index (χ3n) is 5.47. The van der Waals surface area contributed by atoms with Crippen LogP contribution < -0.4 is 15.4 Å². The SMILES string of the molecule is C[C@H]1Oc2ccc(N[C@@H](C(=O)c3c[nH]c4ccccc34)c3ccccc3)cc2NC1=O. The maximum atomic E-state index is 13.6. The van der Waals surface area contributed by atoms with E-state index in [1.165, 1.54) is 0 Å². The highest BCUT2D eigenvalue weighted by molar-refractivity contribution is 6.11. The van der Waals surface area contributed by atoms with Crippen LogP contribution >= 0.6 is 0 Å². The van der Waals surface area contributed by atoms with Crippen LogP contribution in [0.1, 0.15) is 28.9 Å². The molecular formula is C25H21N3O3. The topological polar surface area (TPSA) is 83.2 Å². The van der Waals surface area contributed by atoms with E-state index in [0.717, 1.165) is 16.5 Å². The molecule has 2 heterocycles. The van der Waals surface area contributed by atoms with Gasteiger partial charge in [0.2, 0.25) is 0 Å². The Hall–Kier alpha value is -4.06. The zero-order valence-corrected chi connectivity index (χ0v) is 16.9. The highest BCUT2D eigenvalue weighted by atomic mass is 16.5. The zero-order valence-electron chi connectivity index (χ0n) is 16.9. The second-order valence-electron chi connectivity index (χ2n) is 7.56. The molecule has 0 saturated carbocycles. The van der Waals surface area contributed by atoms with E-state index in [9.17, 15) is 9.59 Å². The average molecular weight is 411 g/mol. The average Bonchev–Trinajstić information content (AvgIpc) is 3.23. The zero-order chi connectivity index (χ0) is 21.4. The first-order chi connectivity index (χ1) is 15.1. The van der Waals surface area contributed by atoms with Gasteiger partial charge in [-0.15, -0.1) is 0 Å². The molecule has 5 rings (SSSR count). The van der Waals surface area contributed by atoms with Crippen LogP contribution in [0.4, 0.5) is 11.4 Å². The molecule has 1 amide bonds. The second kappa shape index (κ2) is 7.65. The van der Waals surface area contributed by atoms with Gasteiger partial charge >= 0.3 is 0 Å². The van der Waals surface area contributed by atoms with E-state index >= 15 is 0 Å². The Morgan fingerprint density at radius 1 is 1.03 bits per heavy atom. The summed E-state index contributed by atoms with van der Waals surface area (Å²) in [4.78, 5) is 28.8. The van der Waals surface area contributed by atoms with Gasteiger partial charge in [-0.1, -0.05) is 48.5 Å². The van der Waals surface area contributed by atoms with Crippen LogP contribution in [0.15, 0.2) is 79.0 Å². The lowest BCUT2D eigenvalue weighted by molar-refractivity contribution is -0.122. The minimum atomic E-state index is -0.599. The minimum absolute atomic E-state index is 0.0460. The third kappa shape index (κ3) is 3.53. The van der Waals surface area contributed by atoms with E-state index in [1.807, 2.05) is 60.7 Å². The van der Waals surface area contributed by atoms with Crippen LogP contribution in [0.3, 0.4) is 0 Å². The Bertz CT molecular complexity index is 1280. The van der Waals surface area contributed by atoms with Gasteiger partial charge in [-0.05, 0) is 36.8 Å². The van der Waals surface area contributed by atoms with Crippen molar-refractivity contribution in [2.75, 3.05) is 10.6 Å². The van der Waals surface area contributed by atoms with Crippen molar-refractivity contribution < 1.29 is 14.3 Å². The van der Waals surface area contributed by atoms with E-state index in [2.05, 4.69) is 15.6 Å². The van der Waals surface area contributed by atoms with Gasteiger partial charge in [0, 0.05) is 28.4 Å². The lowest BCUT2D eigenvalue weighted by Gasteiger charge is -2.25. The number of para-hydroxylation sites is 1. The molecule has 0 radical (unpaired) electrons. The third-order valence-corrected chi connectivity index (χ3v) is 5.47. The van der Waals surface area contributed by atoms with Gasteiger partial charge < -0.3 is 20.4 Å². The summed E-state index contributed by atoms with van der Waals surface area (Å²) in [5.41, 5.74) is 3.68. The van der Waals surface area contributed by atoms with Gasteiger partial charge in [-0.25, -0.2) is 0 Å². The molecule has 6 heteroatoms. The van der Waals surface area contributed by atoms with Crippen molar-refractivity contribution >= 4 is 34.0 Å². The Kier molecular flexibility index (Phi) is 4.67. The fourth-order valence-corrected chi connectivity index (χ4v) is 3.84. The molecule has 1 aromatic heterocycles. The number of ether oxygens (including phenoxy) is 1. The van der Waals surface area contributed by atoms with E-state index < -0.39 is 12.1 Å². The predicted octanol–water partition coefficient (Wildman–Crippen LogP) is 4.92. The van der Waals surface area contributed by atoms with Crippen LogP contribution in [0.5, 0.6) is 5.75 Å². The lowest BCUT2D eigenvalue weighted by Crippen LogP contribution is -2.34. The van der Waals surface area contributed by atoms with Crippen molar-refractivity contribution in [3.8, 4) is 5.75 Å². The summed E-state index contributed by atoms with van der Waals surface area (Å²) in [6.45, 7) is 1.70. The number of amides is 1. The van der Waals surface area contributed by atoms with E-state index in [0.29, 0.717) is 22.7 Å². The number of rotatable bonds is 5. The highest BCUT2D eigenvalue weighted by Crippen LogP contribution is 2.34. The fraction of sp³-hybridized carbons (Fsp3) is 0.120. The standard InChI is InChI=1S/C25H21N3O3/c1-15-25(30)28-21-13-17(11-12-22(21)31-15)27-23(16-7-3-2-4-8-16)24(29)19-14-26-20-10-6-5-9-18(19)20/h2-15,23,26-27H,1H3,(H,28,30)/t15-,23-/m1/s1. The number of H-pyrrole nitrogens is 1. The molecule has 31 heavy (non-hydrogen) atoms. The van der Waals surface area contributed by atoms with Gasteiger partial charge in [0.25, 0.3) is 5.91 Å². The molecule has 6 nitrogen and oxygen atoms in total. The largest absolute Gasteiger partial charge is 0.479 e. The molecule has 0 aliphatic carbocycles. The van der Waals surface area contributed by atoms with Crippen molar-refractivity contribution in [2.24, 2.45) is 0 Å². The molecule has 154 valence electrons. The van der Waals surface area contributed by atoms with Crippen LogP contribution in [0.25, 0.3) is 10.9 Å². The maximum absolute atomic E-state index is 13.6. The normalized spacial score (nSPS) is 16.2. The number of fused-ring (bicyclic) bond motifs is 2. The van der Waals surface area contributed by atoms with Crippen LogP contribution in [-0.4, -0.2) is 22.8 Å². The van der Waals surface area contributed by atoms with E-state index in [-0.39, 0.29) is 11.7 Å². The summed E-state index contributed by atoms with van der Waals surface area (Å²) < 4.78 is 5.63. The number of hydrogen-bond acceptors (Lipinski definition) is 4. The molecular weight excluding hydrogens is 390 g/mol. The summed E-state index contributed by atoms with van der Waals surface area (Å²) in [6.07, 6.45) is 1.22. The van der Waals surface area contributed by atoms with E-state index in [4.69, 9.17) is 4.74 Å². The fourth-order valence-electron chi connectivity index (χ4n) is 3.84. The molecule has 0 spiro atoms. The summed E-state index contributed by atoms with van der Waals surface area (Å²) in [6, 6.07) is 22.2. The monoisotopic (exact) mass is 411 g/mol. The van der Waals surface area contributed by atoms with Crippen molar-refractivity contribution in [1.82, 2.24) is 4.98 Å². The van der Waals surface area contributed by atoms with Gasteiger partial charge in [0.15, 0.2) is 11.9 Å². The Morgan fingerprint density at radius 3 is 2.65 bits per heavy atom. The van der Waals surface area contributed by atoms with Crippen molar-refractivity contribution in [1.29, 1.82) is 0 Å². The summed E-state index contributed by atoms with van der Waals surface area (Å²) in [5, 5.41) is 7.09. The van der Waals surface area contributed by atoms with Crippen LogP contribution in [0, 0.1) is 0 Å². The molecule has 0 saturated heterocycles. The Balaban J connectivity index is 1.51. The Morgan fingerprint density at radius 2 is 1.81 bits per heavy atom. The van der Waals surface area contributed by atoms with Crippen molar-refractivity contribution in [3.05, 3.63) is 90.1 Å². The first-order valence-corrected chi connectivity index (χ1v) is 10.1. The highest BCUT2D eigenvalue weighted by Gasteiger charge is 2.26. The Labute approximate surface area is 179 Å². The molecule has 0 fully saturated rings. The summed E-state index contributed by atoms with van der Waals surface area (Å²) >= 11 is 0. The van der Waals surface area contributed by atoms with Crippen molar-refractivity contribution in [2.45, 2.75) is 19.1 Å². The summed E-state index contributed by atoms with van der Waals surface area (Å²) in [5.74, 6) is 0.367. The van der Waals surface area contributed by atoms with Crippen LogP contribution in [-0.2, 0) is 4.79 Å². The maximum Gasteiger partial charge on any atom is 0.265 e. The first kappa shape index (κ1) is 18.9. The molecule has 1 aliphatic rings. The van der Waals surface area contributed by atoms with Gasteiger partial charge in [-0.2, -0.15) is 0 Å². The lowest BCUT2D eigenvalue weighted by atomic mass is 9.96. The second-order valence-corrected chi connectivity index (χ2v) is 7.56. The minimum Gasteiger partial charge on any atom is -0.479 e. The number of anilines is 2. The number of hydrogen-bond donors (Lipinski definition) is 3. The molecule has 3 aromatic carbocycles. The molecule has 0 bridgehead atoms. The molecule has 0 unspecified atom stereocenters. The van der Waals surface area contributed by atoms with E-state index in [1.54, 1.807) is 25.3 Å². The predicted molar refractivity (Wildman–Crippen MR) is 121 cm³/mol. The number of benzene rings is 3. The van der Waals surface area contributed by atoms with Gasteiger partial charge in [-0.3, -0.25) is 9.59 Å². The number of carbonyl (C=O) groups excluding carboxylic acids is 2. The smallest absolute Gasteiger partial charge is 0.265 e. The number of ketones is 1. The number of aromatic nitrogens is 1. The number of nitrogens with one attached hydrogen (secondary N) is 3. The van der Waals surface area contributed by atoms with Crippen molar-refractivity contribution in [3.63, 3.8) is 0 Å². The summed E-state index contributed by atoms with van der Waals surface area (Å²) in [7, 11) is 0. The van der Waals surface area contributed by atoms with Crippen LogP contribution in [0.2, 0.25) is 0 Å². The molecule has 1 aliphatic heterocycles. The first-order valence-electron chi connectivity index (χ1n) is 10.1. The quantitative estimate of drug-likeness (QED) is 0.407. The van der Waals surface area contributed by atoms with Gasteiger partial charge in [0.05, 0.1) is 5.69 Å². The number of aromatic amines is 1. The number of Topliss-reactive ketones (excluding diaryl/α,β-unsaturated/α-hetero) is 1. The number of carbonyl (C=O) groups is 2.